The highest BCUT2D eigenvalue weighted by Gasteiger charge is 2.11. The van der Waals surface area contributed by atoms with Crippen LogP contribution in [0.4, 0.5) is 0 Å². The molecule has 3 aromatic rings. The van der Waals surface area contributed by atoms with Crippen molar-refractivity contribution >= 4 is 12.2 Å². The molecule has 0 aliphatic rings. The summed E-state index contributed by atoms with van der Waals surface area (Å²) in [5.41, 5.74) is 1.89. The molecule has 2 heterocycles. The summed E-state index contributed by atoms with van der Waals surface area (Å²) in [6.45, 7) is 1.90. The number of carboxylic acid groups (broad SMARTS) is 1. The van der Waals surface area contributed by atoms with Crippen LogP contribution in [0.2, 0.25) is 0 Å². The van der Waals surface area contributed by atoms with E-state index in [1.807, 2.05) is 6.92 Å². The lowest BCUT2D eigenvalue weighted by molar-refractivity contribution is 0.0697. The Bertz CT molecular complexity index is 834. The fraction of sp³-hybridized carbons (Fsp3) is 0.0667. The molecule has 0 amide bonds. The first kappa shape index (κ1) is 13.7. The molecule has 7 nitrogen and oxygen atoms in total. The maximum Gasteiger partial charge on any atom is 0.335 e. The Hall–Kier alpha value is -3.22. The molecule has 0 spiro atoms. The van der Waals surface area contributed by atoms with Gasteiger partial charge in [-0.1, -0.05) is 6.07 Å². The van der Waals surface area contributed by atoms with Crippen molar-refractivity contribution in [1.29, 1.82) is 0 Å². The highest BCUT2D eigenvalue weighted by atomic mass is 16.4. The molecule has 0 bridgehead atoms. The topological polar surface area (TPSA) is 93.5 Å². The smallest absolute Gasteiger partial charge is 0.335 e. The number of nitrogens with zero attached hydrogens (tertiary/aromatic N) is 4. The summed E-state index contributed by atoms with van der Waals surface area (Å²) in [6.07, 6.45) is 4.45. The second-order valence-electron chi connectivity index (χ2n) is 4.62. The van der Waals surface area contributed by atoms with Crippen LogP contribution >= 0.6 is 0 Å². The Morgan fingerprint density at radius 2 is 2.05 bits per heavy atom. The van der Waals surface area contributed by atoms with Crippen LogP contribution in [0.1, 0.15) is 21.7 Å². The van der Waals surface area contributed by atoms with E-state index in [0.717, 1.165) is 11.1 Å². The molecule has 0 atom stereocenters. The van der Waals surface area contributed by atoms with E-state index < -0.39 is 5.97 Å². The number of benzene rings is 1. The van der Waals surface area contributed by atoms with Crippen molar-refractivity contribution in [3.8, 4) is 11.3 Å². The highest BCUT2D eigenvalue weighted by molar-refractivity contribution is 5.89. The standard InChI is InChI=1S/C15H12N4O3/c1-10-2-3-11(15(20)21)6-13(10)14-5-4-12(22-14)7-18-19-8-16-17-9-19/h2-9H,1H3,(H,20,21). The molecule has 0 aliphatic heterocycles. The third-order valence-electron chi connectivity index (χ3n) is 3.10. The van der Waals surface area contributed by atoms with E-state index in [4.69, 9.17) is 9.52 Å². The van der Waals surface area contributed by atoms with Gasteiger partial charge in [-0.05, 0) is 36.8 Å². The number of aromatic carboxylic acids is 1. The highest BCUT2D eigenvalue weighted by Crippen LogP contribution is 2.26. The summed E-state index contributed by atoms with van der Waals surface area (Å²) in [6, 6.07) is 8.46. The van der Waals surface area contributed by atoms with E-state index >= 15 is 0 Å². The summed E-state index contributed by atoms with van der Waals surface area (Å²) in [7, 11) is 0. The number of aromatic nitrogens is 3. The van der Waals surface area contributed by atoms with Crippen LogP contribution in [-0.4, -0.2) is 32.2 Å². The molecule has 7 heteroatoms. The molecule has 0 unspecified atom stereocenters. The summed E-state index contributed by atoms with van der Waals surface area (Å²) >= 11 is 0. The van der Waals surface area contributed by atoms with Crippen LogP contribution in [0.5, 0.6) is 0 Å². The van der Waals surface area contributed by atoms with Crippen LogP contribution in [0.15, 0.2) is 52.5 Å². The monoisotopic (exact) mass is 296 g/mol. The molecular formula is C15H12N4O3. The van der Waals surface area contributed by atoms with Crippen molar-refractivity contribution in [2.75, 3.05) is 0 Å². The van der Waals surface area contributed by atoms with Gasteiger partial charge in [-0.15, -0.1) is 10.2 Å². The average Bonchev–Trinajstić information content (AvgIpc) is 3.17. The van der Waals surface area contributed by atoms with Gasteiger partial charge in [-0.3, -0.25) is 0 Å². The number of carbonyl (C=O) groups is 1. The van der Waals surface area contributed by atoms with E-state index in [-0.39, 0.29) is 5.56 Å². The Morgan fingerprint density at radius 3 is 2.77 bits per heavy atom. The largest absolute Gasteiger partial charge is 0.478 e. The molecule has 1 aromatic carbocycles. The Kier molecular flexibility index (Phi) is 3.53. The minimum Gasteiger partial charge on any atom is -0.478 e. The number of carboxylic acids is 1. The van der Waals surface area contributed by atoms with Crippen LogP contribution in [-0.2, 0) is 0 Å². The molecule has 0 fully saturated rings. The van der Waals surface area contributed by atoms with Crippen LogP contribution in [0, 0.1) is 6.92 Å². The molecule has 3 rings (SSSR count). The number of hydrogen-bond acceptors (Lipinski definition) is 5. The molecule has 1 N–H and O–H groups in total. The zero-order valence-corrected chi connectivity index (χ0v) is 11.7. The molecule has 0 radical (unpaired) electrons. The fourth-order valence-corrected chi connectivity index (χ4v) is 1.97. The van der Waals surface area contributed by atoms with Gasteiger partial charge in [0.2, 0.25) is 0 Å². The van der Waals surface area contributed by atoms with Crippen molar-refractivity contribution in [2.24, 2.45) is 5.10 Å². The molecule has 0 saturated heterocycles. The summed E-state index contributed by atoms with van der Waals surface area (Å²) < 4.78 is 7.13. The average molecular weight is 296 g/mol. The second kappa shape index (κ2) is 5.65. The van der Waals surface area contributed by atoms with Crippen LogP contribution < -0.4 is 0 Å². The summed E-state index contributed by atoms with van der Waals surface area (Å²) in [4.78, 5) is 11.1. The van der Waals surface area contributed by atoms with Crippen molar-refractivity contribution in [3.05, 3.63) is 59.9 Å². The van der Waals surface area contributed by atoms with E-state index in [0.29, 0.717) is 11.5 Å². The SMILES string of the molecule is Cc1ccc(C(=O)O)cc1-c1ccc(C=Nn2cnnc2)o1. The zero-order valence-electron chi connectivity index (χ0n) is 11.7. The Morgan fingerprint density at radius 1 is 1.27 bits per heavy atom. The maximum atomic E-state index is 11.1. The number of hydrogen-bond donors (Lipinski definition) is 1. The lowest BCUT2D eigenvalue weighted by Crippen LogP contribution is -1.96. The molecular weight excluding hydrogens is 284 g/mol. The predicted octanol–water partition coefficient (Wildman–Crippen LogP) is 2.43. The number of furan rings is 1. The number of rotatable bonds is 4. The van der Waals surface area contributed by atoms with Gasteiger partial charge in [-0.25, -0.2) is 9.47 Å². The summed E-state index contributed by atoms with van der Waals surface area (Å²) in [5, 5.41) is 20.4. The molecule has 0 saturated carbocycles. The lowest BCUT2D eigenvalue weighted by Gasteiger charge is -2.04. The zero-order chi connectivity index (χ0) is 15.5. The van der Waals surface area contributed by atoms with Gasteiger partial charge in [-0.2, -0.15) is 5.10 Å². The van der Waals surface area contributed by atoms with Crippen molar-refractivity contribution < 1.29 is 14.3 Å². The van der Waals surface area contributed by atoms with Crippen molar-refractivity contribution in [3.63, 3.8) is 0 Å². The van der Waals surface area contributed by atoms with Crippen LogP contribution in [0.3, 0.4) is 0 Å². The van der Waals surface area contributed by atoms with Crippen LogP contribution in [0.25, 0.3) is 11.3 Å². The van der Waals surface area contributed by atoms with Gasteiger partial charge < -0.3 is 9.52 Å². The quantitative estimate of drug-likeness (QED) is 0.746. The van der Waals surface area contributed by atoms with Gasteiger partial charge in [0.05, 0.1) is 11.8 Å². The number of aryl methyl sites for hydroxylation is 1. The first-order valence-electron chi connectivity index (χ1n) is 6.46. The molecule has 22 heavy (non-hydrogen) atoms. The molecule has 110 valence electrons. The van der Waals surface area contributed by atoms with Gasteiger partial charge in [0.25, 0.3) is 0 Å². The Labute approximate surface area is 125 Å². The van der Waals surface area contributed by atoms with Crippen molar-refractivity contribution in [2.45, 2.75) is 6.92 Å². The summed E-state index contributed by atoms with van der Waals surface area (Å²) in [5.74, 6) is 0.164. The normalized spacial score (nSPS) is 11.1. The molecule has 0 aliphatic carbocycles. The van der Waals surface area contributed by atoms with Gasteiger partial charge in [0.15, 0.2) is 0 Å². The van der Waals surface area contributed by atoms with E-state index in [1.165, 1.54) is 23.5 Å². The van der Waals surface area contributed by atoms with Gasteiger partial charge >= 0.3 is 5.97 Å². The first-order chi connectivity index (χ1) is 10.6. The van der Waals surface area contributed by atoms with E-state index in [2.05, 4.69) is 15.3 Å². The predicted molar refractivity (Wildman–Crippen MR) is 78.9 cm³/mol. The first-order valence-corrected chi connectivity index (χ1v) is 6.46. The minimum atomic E-state index is -0.970. The van der Waals surface area contributed by atoms with E-state index in [1.54, 1.807) is 30.3 Å². The minimum absolute atomic E-state index is 0.219. The van der Waals surface area contributed by atoms with E-state index in [9.17, 15) is 4.79 Å². The van der Waals surface area contributed by atoms with Gasteiger partial charge in [0.1, 0.15) is 24.2 Å². The Balaban J connectivity index is 1.90. The van der Waals surface area contributed by atoms with Crippen molar-refractivity contribution in [1.82, 2.24) is 14.9 Å². The van der Waals surface area contributed by atoms with Gasteiger partial charge in [0, 0.05) is 5.56 Å². The third-order valence-corrected chi connectivity index (χ3v) is 3.10. The maximum absolute atomic E-state index is 11.1. The fourth-order valence-electron chi connectivity index (χ4n) is 1.97. The second-order valence-corrected chi connectivity index (χ2v) is 4.62. The lowest BCUT2D eigenvalue weighted by atomic mass is 10.0. The third kappa shape index (κ3) is 2.78. The molecule has 2 aromatic heterocycles.